The van der Waals surface area contributed by atoms with Crippen molar-refractivity contribution in [2.24, 2.45) is 5.92 Å². The first-order chi connectivity index (χ1) is 9.58. The van der Waals surface area contributed by atoms with Crippen molar-refractivity contribution in [3.8, 4) is 17.0 Å². The number of nitrogens with one attached hydrogen (secondary N) is 1. The minimum absolute atomic E-state index is 0.0667. The number of carbonyl (C=O) groups is 1. The fourth-order valence-electron chi connectivity index (χ4n) is 1.78. The molecule has 0 radical (unpaired) electrons. The number of hydrogen-bond donors (Lipinski definition) is 2. The second kappa shape index (κ2) is 6.23. The topological polar surface area (TPSA) is 75.2 Å². The van der Waals surface area contributed by atoms with Crippen molar-refractivity contribution in [1.82, 2.24) is 10.2 Å². The summed E-state index contributed by atoms with van der Waals surface area (Å²) in [5, 5.41) is 15.4. The van der Waals surface area contributed by atoms with E-state index in [2.05, 4.69) is 24.0 Å². The van der Waals surface area contributed by atoms with Crippen LogP contribution in [-0.2, 0) is 0 Å². The molecule has 5 nitrogen and oxygen atoms in total. The predicted octanol–water partition coefficient (Wildman–Crippen LogP) is 3.20. The van der Waals surface area contributed by atoms with Crippen LogP contribution in [0.25, 0.3) is 11.3 Å². The lowest BCUT2D eigenvalue weighted by Crippen LogP contribution is -2.02. The third kappa shape index (κ3) is 3.38. The SMILES string of the molecule is CC(C)CCOc1ccccc1-c1cc(C(=O)O)[nH]n1. The Morgan fingerprint density at radius 2 is 2.15 bits per heavy atom. The number of hydrogen-bond acceptors (Lipinski definition) is 3. The van der Waals surface area contributed by atoms with Gasteiger partial charge in [-0.05, 0) is 30.5 Å². The van der Waals surface area contributed by atoms with Crippen LogP contribution in [0.2, 0.25) is 0 Å². The first-order valence-electron chi connectivity index (χ1n) is 6.59. The van der Waals surface area contributed by atoms with E-state index in [4.69, 9.17) is 9.84 Å². The smallest absolute Gasteiger partial charge is 0.353 e. The molecule has 0 unspecified atom stereocenters. The Kier molecular flexibility index (Phi) is 4.40. The van der Waals surface area contributed by atoms with E-state index in [0.717, 1.165) is 17.7 Å². The summed E-state index contributed by atoms with van der Waals surface area (Å²) in [4.78, 5) is 10.9. The van der Waals surface area contributed by atoms with Crippen LogP contribution in [0.1, 0.15) is 30.8 Å². The Hall–Kier alpha value is -2.30. The van der Waals surface area contributed by atoms with Gasteiger partial charge in [-0.25, -0.2) is 4.79 Å². The van der Waals surface area contributed by atoms with Gasteiger partial charge in [-0.1, -0.05) is 26.0 Å². The quantitative estimate of drug-likeness (QED) is 0.848. The van der Waals surface area contributed by atoms with E-state index in [1.165, 1.54) is 6.07 Å². The van der Waals surface area contributed by atoms with Gasteiger partial charge in [0.25, 0.3) is 0 Å². The maximum absolute atomic E-state index is 10.9. The van der Waals surface area contributed by atoms with Crippen molar-refractivity contribution in [2.45, 2.75) is 20.3 Å². The molecule has 2 aromatic rings. The molecule has 2 rings (SSSR count). The van der Waals surface area contributed by atoms with Gasteiger partial charge in [0.15, 0.2) is 0 Å². The van der Waals surface area contributed by atoms with Gasteiger partial charge in [0.05, 0.1) is 12.3 Å². The first kappa shape index (κ1) is 14.1. The maximum Gasteiger partial charge on any atom is 0.353 e. The van der Waals surface area contributed by atoms with E-state index in [0.29, 0.717) is 18.2 Å². The zero-order valence-corrected chi connectivity index (χ0v) is 11.6. The van der Waals surface area contributed by atoms with Crippen LogP contribution in [0.5, 0.6) is 5.75 Å². The highest BCUT2D eigenvalue weighted by Gasteiger charge is 2.12. The van der Waals surface area contributed by atoms with E-state index in [-0.39, 0.29) is 5.69 Å². The van der Waals surface area contributed by atoms with Crippen LogP contribution >= 0.6 is 0 Å². The molecule has 20 heavy (non-hydrogen) atoms. The second-order valence-corrected chi connectivity index (χ2v) is 5.00. The maximum atomic E-state index is 10.9. The van der Waals surface area contributed by atoms with Gasteiger partial charge in [-0.2, -0.15) is 5.10 Å². The van der Waals surface area contributed by atoms with Gasteiger partial charge < -0.3 is 9.84 Å². The molecule has 1 heterocycles. The highest BCUT2D eigenvalue weighted by Crippen LogP contribution is 2.29. The second-order valence-electron chi connectivity index (χ2n) is 5.00. The average molecular weight is 274 g/mol. The minimum Gasteiger partial charge on any atom is -0.493 e. The lowest BCUT2D eigenvalue weighted by molar-refractivity contribution is 0.0690. The van der Waals surface area contributed by atoms with Crippen molar-refractivity contribution < 1.29 is 14.6 Å². The molecule has 2 N–H and O–H groups in total. The monoisotopic (exact) mass is 274 g/mol. The number of carboxylic acid groups (broad SMARTS) is 1. The molecule has 0 aliphatic heterocycles. The van der Waals surface area contributed by atoms with Crippen LogP contribution in [0.4, 0.5) is 0 Å². The number of aromatic carboxylic acids is 1. The zero-order valence-electron chi connectivity index (χ0n) is 11.6. The van der Waals surface area contributed by atoms with Crippen LogP contribution in [0, 0.1) is 5.92 Å². The molecule has 0 fully saturated rings. The van der Waals surface area contributed by atoms with E-state index in [9.17, 15) is 4.79 Å². The normalized spacial score (nSPS) is 10.8. The number of aromatic amines is 1. The van der Waals surface area contributed by atoms with Crippen molar-refractivity contribution in [2.75, 3.05) is 6.61 Å². The third-order valence-corrected chi connectivity index (χ3v) is 2.92. The van der Waals surface area contributed by atoms with Crippen molar-refractivity contribution in [3.63, 3.8) is 0 Å². The average Bonchev–Trinajstić information content (AvgIpc) is 2.88. The summed E-state index contributed by atoms with van der Waals surface area (Å²) in [5.41, 5.74) is 1.43. The summed E-state index contributed by atoms with van der Waals surface area (Å²) >= 11 is 0. The van der Waals surface area contributed by atoms with E-state index in [1.54, 1.807) is 0 Å². The van der Waals surface area contributed by atoms with Gasteiger partial charge in [0.1, 0.15) is 11.4 Å². The highest BCUT2D eigenvalue weighted by molar-refractivity contribution is 5.87. The molecule has 0 spiro atoms. The first-order valence-corrected chi connectivity index (χ1v) is 6.59. The molecule has 0 saturated carbocycles. The summed E-state index contributed by atoms with van der Waals surface area (Å²) in [5.74, 6) is 0.268. The Labute approximate surface area is 117 Å². The lowest BCUT2D eigenvalue weighted by Gasteiger charge is -2.11. The van der Waals surface area contributed by atoms with E-state index >= 15 is 0 Å². The molecule has 0 atom stereocenters. The van der Waals surface area contributed by atoms with Crippen LogP contribution < -0.4 is 4.74 Å². The number of rotatable bonds is 6. The number of H-pyrrole nitrogens is 1. The lowest BCUT2D eigenvalue weighted by atomic mass is 10.1. The Balaban J connectivity index is 2.20. The predicted molar refractivity (Wildman–Crippen MR) is 75.9 cm³/mol. The Bertz CT molecular complexity index is 590. The number of benzene rings is 1. The van der Waals surface area contributed by atoms with Gasteiger partial charge in [0.2, 0.25) is 0 Å². The van der Waals surface area contributed by atoms with Crippen LogP contribution in [0.3, 0.4) is 0 Å². The van der Waals surface area contributed by atoms with Gasteiger partial charge in [-0.15, -0.1) is 0 Å². The standard InChI is InChI=1S/C15H18N2O3/c1-10(2)7-8-20-14-6-4-3-5-11(14)12-9-13(15(18)19)17-16-12/h3-6,9-10H,7-8H2,1-2H3,(H,16,17)(H,18,19). The summed E-state index contributed by atoms with van der Waals surface area (Å²) in [6, 6.07) is 9.00. The van der Waals surface area contributed by atoms with E-state index in [1.807, 2.05) is 24.3 Å². The van der Waals surface area contributed by atoms with Crippen LogP contribution in [-0.4, -0.2) is 27.9 Å². The van der Waals surface area contributed by atoms with E-state index < -0.39 is 5.97 Å². The third-order valence-electron chi connectivity index (χ3n) is 2.92. The largest absolute Gasteiger partial charge is 0.493 e. The molecule has 0 aliphatic rings. The molecule has 0 bridgehead atoms. The summed E-state index contributed by atoms with van der Waals surface area (Å²) in [6.45, 7) is 4.91. The molecule has 106 valence electrons. The molecule has 0 saturated heterocycles. The van der Waals surface area contributed by atoms with Gasteiger partial charge >= 0.3 is 5.97 Å². The molecule has 5 heteroatoms. The number of aromatic nitrogens is 2. The summed E-state index contributed by atoms with van der Waals surface area (Å²) < 4.78 is 5.77. The highest BCUT2D eigenvalue weighted by atomic mass is 16.5. The number of ether oxygens (including phenoxy) is 1. The fraction of sp³-hybridized carbons (Fsp3) is 0.333. The van der Waals surface area contributed by atoms with Crippen molar-refractivity contribution in [1.29, 1.82) is 0 Å². The number of para-hydroxylation sites is 1. The number of carboxylic acids is 1. The minimum atomic E-state index is -1.03. The molecule has 1 aromatic carbocycles. The fourth-order valence-corrected chi connectivity index (χ4v) is 1.78. The number of nitrogens with zero attached hydrogens (tertiary/aromatic N) is 1. The Morgan fingerprint density at radius 1 is 1.40 bits per heavy atom. The zero-order chi connectivity index (χ0) is 14.5. The van der Waals surface area contributed by atoms with Crippen LogP contribution in [0.15, 0.2) is 30.3 Å². The molecular weight excluding hydrogens is 256 g/mol. The molecule has 1 aromatic heterocycles. The molecular formula is C15H18N2O3. The molecule has 0 amide bonds. The summed E-state index contributed by atoms with van der Waals surface area (Å²) in [6.07, 6.45) is 0.968. The van der Waals surface area contributed by atoms with Gasteiger partial charge in [0, 0.05) is 5.56 Å². The van der Waals surface area contributed by atoms with Crippen molar-refractivity contribution >= 4 is 5.97 Å². The molecule has 0 aliphatic carbocycles. The van der Waals surface area contributed by atoms with Gasteiger partial charge in [-0.3, -0.25) is 5.10 Å². The summed E-state index contributed by atoms with van der Waals surface area (Å²) in [7, 11) is 0. The Morgan fingerprint density at radius 3 is 2.80 bits per heavy atom. The van der Waals surface area contributed by atoms with Crippen molar-refractivity contribution in [3.05, 3.63) is 36.0 Å².